The van der Waals surface area contributed by atoms with E-state index in [0.29, 0.717) is 0 Å². The molecule has 2 aromatic rings. The molecule has 2 heterocycles. The van der Waals surface area contributed by atoms with Gasteiger partial charge >= 0.3 is 0 Å². The third-order valence-electron chi connectivity index (χ3n) is 2.66. The van der Waals surface area contributed by atoms with Gasteiger partial charge in [-0.25, -0.2) is 8.42 Å². The van der Waals surface area contributed by atoms with Crippen molar-refractivity contribution in [1.29, 1.82) is 0 Å². The number of pyridine rings is 1. The quantitative estimate of drug-likeness (QED) is 0.803. The van der Waals surface area contributed by atoms with E-state index in [4.69, 9.17) is 4.74 Å². The fraction of sp³-hybridized carbons (Fsp3) is 0. The molecule has 0 saturated carbocycles. The van der Waals surface area contributed by atoms with Crippen molar-refractivity contribution in [1.82, 2.24) is 4.98 Å². The van der Waals surface area contributed by atoms with Crippen molar-refractivity contribution in [2.75, 3.05) is 0 Å². The molecule has 19 heavy (non-hydrogen) atoms. The highest BCUT2D eigenvalue weighted by molar-refractivity contribution is 7.95. The maximum absolute atomic E-state index is 14.1. The maximum Gasteiger partial charge on any atom is 0.264 e. The van der Waals surface area contributed by atoms with E-state index in [-0.39, 0.29) is 22.1 Å². The van der Waals surface area contributed by atoms with Gasteiger partial charge in [0, 0.05) is 6.20 Å². The van der Waals surface area contributed by atoms with Gasteiger partial charge in [-0.2, -0.15) is 4.39 Å². The molecule has 1 aromatic carbocycles. The van der Waals surface area contributed by atoms with Crippen molar-refractivity contribution in [2.24, 2.45) is 0 Å². The minimum atomic E-state index is -4.17. The predicted octanol–water partition coefficient (Wildman–Crippen LogP) is 2.54. The average molecular weight is 277 g/mol. The molecule has 1 aromatic heterocycles. The zero-order valence-corrected chi connectivity index (χ0v) is 10.4. The lowest BCUT2D eigenvalue weighted by Crippen LogP contribution is -2.15. The van der Waals surface area contributed by atoms with Crippen LogP contribution in [0.2, 0.25) is 0 Å². The van der Waals surface area contributed by atoms with Gasteiger partial charge in [-0.3, -0.25) is 4.98 Å². The predicted molar refractivity (Wildman–Crippen MR) is 66.5 cm³/mol. The SMILES string of the molecule is O=S1(=O)C(F)=C(c2ccccn2)Oc2ccccc21. The molecule has 0 unspecified atom stereocenters. The summed E-state index contributed by atoms with van der Waals surface area (Å²) in [4.78, 5) is 3.73. The van der Waals surface area contributed by atoms with Crippen LogP contribution in [-0.2, 0) is 9.84 Å². The number of rotatable bonds is 1. The van der Waals surface area contributed by atoms with E-state index in [0.717, 1.165) is 0 Å². The summed E-state index contributed by atoms with van der Waals surface area (Å²) < 4.78 is 43.5. The molecule has 96 valence electrons. The molecule has 0 atom stereocenters. The molecule has 0 N–H and O–H groups in total. The summed E-state index contributed by atoms with van der Waals surface area (Å²) in [5, 5.41) is -1.31. The highest BCUT2D eigenvalue weighted by atomic mass is 32.2. The Morgan fingerprint density at radius 1 is 1.05 bits per heavy atom. The van der Waals surface area contributed by atoms with Crippen LogP contribution in [0.1, 0.15) is 5.69 Å². The Bertz CT molecular complexity index is 769. The number of benzene rings is 1. The van der Waals surface area contributed by atoms with Crippen molar-refractivity contribution in [2.45, 2.75) is 4.90 Å². The molecule has 0 fully saturated rings. The Balaban J connectivity index is 2.25. The molecule has 1 aliphatic rings. The van der Waals surface area contributed by atoms with E-state index >= 15 is 0 Å². The average Bonchev–Trinajstić information content (AvgIpc) is 2.44. The Labute approximate surface area is 109 Å². The van der Waals surface area contributed by atoms with Crippen molar-refractivity contribution >= 4 is 15.6 Å². The van der Waals surface area contributed by atoms with Crippen LogP contribution >= 0.6 is 0 Å². The molecular formula is C13H8FNO3S. The van der Waals surface area contributed by atoms with E-state index in [1.54, 1.807) is 18.2 Å². The van der Waals surface area contributed by atoms with Crippen molar-refractivity contribution < 1.29 is 17.5 Å². The van der Waals surface area contributed by atoms with Crippen LogP contribution in [0.25, 0.3) is 5.76 Å². The van der Waals surface area contributed by atoms with E-state index in [9.17, 15) is 12.8 Å². The Morgan fingerprint density at radius 3 is 2.53 bits per heavy atom. The lowest BCUT2D eigenvalue weighted by Gasteiger charge is -2.18. The number of sulfone groups is 1. The van der Waals surface area contributed by atoms with Crippen LogP contribution in [-0.4, -0.2) is 13.4 Å². The minimum Gasteiger partial charge on any atom is -0.450 e. The zero-order chi connectivity index (χ0) is 13.5. The molecule has 0 spiro atoms. The normalized spacial score (nSPS) is 16.7. The van der Waals surface area contributed by atoms with E-state index in [2.05, 4.69) is 4.98 Å². The van der Waals surface area contributed by atoms with Gasteiger partial charge < -0.3 is 4.74 Å². The second-order valence-corrected chi connectivity index (χ2v) is 5.68. The van der Waals surface area contributed by atoms with Crippen LogP contribution in [0, 0.1) is 0 Å². The van der Waals surface area contributed by atoms with Crippen molar-refractivity contribution in [3.8, 4) is 5.75 Å². The number of aromatic nitrogens is 1. The molecule has 1 aliphatic heterocycles. The second kappa shape index (κ2) is 4.17. The van der Waals surface area contributed by atoms with Crippen LogP contribution < -0.4 is 4.74 Å². The lowest BCUT2D eigenvalue weighted by molar-refractivity contribution is 0.463. The monoisotopic (exact) mass is 277 g/mol. The fourth-order valence-electron chi connectivity index (χ4n) is 1.78. The highest BCUT2D eigenvalue weighted by Gasteiger charge is 2.35. The molecule has 0 saturated heterocycles. The molecule has 0 radical (unpaired) electrons. The number of hydrogen-bond donors (Lipinski definition) is 0. The summed E-state index contributed by atoms with van der Waals surface area (Å²) in [6, 6.07) is 10.7. The van der Waals surface area contributed by atoms with E-state index < -0.39 is 15.0 Å². The fourth-order valence-corrected chi connectivity index (χ4v) is 2.99. The molecule has 4 nitrogen and oxygen atoms in total. The van der Waals surface area contributed by atoms with Gasteiger partial charge in [0.05, 0.1) is 0 Å². The van der Waals surface area contributed by atoms with E-state index in [1.807, 2.05) is 0 Å². The van der Waals surface area contributed by atoms with Crippen molar-refractivity contribution in [3.05, 3.63) is 59.5 Å². The van der Waals surface area contributed by atoms with Gasteiger partial charge in [0.15, 0.2) is 0 Å². The number of hydrogen-bond acceptors (Lipinski definition) is 4. The standard InChI is InChI=1S/C13H8FNO3S/c14-13-12(9-5-3-4-8-15-9)18-10-6-1-2-7-11(10)19(13,16)17/h1-8H. The first kappa shape index (κ1) is 11.9. The Kier molecular flexibility index (Phi) is 2.60. The van der Waals surface area contributed by atoms with Crippen LogP contribution in [0.3, 0.4) is 0 Å². The van der Waals surface area contributed by atoms with Crippen LogP contribution in [0.15, 0.2) is 58.7 Å². The van der Waals surface area contributed by atoms with Gasteiger partial charge in [0.25, 0.3) is 5.16 Å². The molecule has 0 aliphatic carbocycles. The first-order valence-corrected chi connectivity index (χ1v) is 6.92. The van der Waals surface area contributed by atoms with Crippen molar-refractivity contribution in [3.63, 3.8) is 0 Å². The Morgan fingerprint density at radius 2 is 1.79 bits per heavy atom. The molecule has 0 amide bonds. The largest absolute Gasteiger partial charge is 0.450 e. The van der Waals surface area contributed by atoms with Crippen LogP contribution in [0.4, 0.5) is 4.39 Å². The summed E-state index contributed by atoms with van der Waals surface area (Å²) in [6.07, 6.45) is 1.44. The summed E-state index contributed by atoms with van der Waals surface area (Å²) >= 11 is 0. The third kappa shape index (κ3) is 1.80. The maximum atomic E-state index is 14.1. The van der Waals surface area contributed by atoms with Gasteiger partial charge in [-0.1, -0.05) is 18.2 Å². The minimum absolute atomic E-state index is 0.101. The second-order valence-electron chi connectivity index (χ2n) is 3.87. The molecule has 3 rings (SSSR count). The summed E-state index contributed by atoms with van der Waals surface area (Å²) in [5.74, 6) is -0.274. The number of halogens is 1. The summed E-state index contributed by atoms with van der Waals surface area (Å²) in [7, 11) is -4.17. The smallest absolute Gasteiger partial charge is 0.264 e. The summed E-state index contributed by atoms with van der Waals surface area (Å²) in [5.41, 5.74) is 0.137. The number of nitrogens with zero attached hydrogens (tertiary/aromatic N) is 1. The van der Waals surface area contributed by atoms with E-state index in [1.165, 1.54) is 30.5 Å². The topological polar surface area (TPSA) is 56.3 Å². The first-order chi connectivity index (χ1) is 9.10. The third-order valence-corrected chi connectivity index (χ3v) is 4.24. The summed E-state index contributed by atoms with van der Waals surface area (Å²) in [6.45, 7) is 0. The molecular weight excluding hydrogens is 269 g/mol. The van der Waals surface area contributed by atoms with Gasteiger partial charge in [0.2, 0.25) is 15.6 Å². The molecule has 0 bridgehead atoms. The van der Waals surface area contributed by atoms with Gasteiger partial charge in [0.1, 0.15) is 16.3 Å². The molecule has 6 heteroatoms. The zero-order valence-electron chi connectivity index (χ0n) is 9.58. The van der Waals surface area contributed by atoms with Gasteiger partial charge in [-0.15, -0.1) is 0 Å². The van der Waals surface area contributed by atoms with Crippen LogP contribution in [0.5, 0.6) is 5.75 Å². The van der Waals surface area contributed by atoms with Gasteiger partial charge in [-0.05, 0) is 24.3 Å². The highest BCUT2D eigenvalue weighted by Crippen LogP contribution is 2.39. The number of ether oxygens (including phenoxy) is 1. The number of para-hydroxylation sites is 1. The lowest BCUT2D eigenvalue weighted by atomic mass is 10.3. The Hall–Kier alpha value is -2.21. The number of fused-ring (bicyclic) bond motifs is 1. The first-order valence-electron chi connectivity index (χ1n) is 5.44.